The number of amides is 3. The Bertz CT molecular complexity index is 863. The van der Waals surface area contributed by atoms with Crippen LogP contribution in [0.4, 0.5) is 17.1 Å². The van der Waals surface area contributed by atoms with E-state index < -0.39 is 0 Å². The molecule has 0 saturated carbocycles. The molecule has 0 aromatic heterocycles. The first kappa shape index (κ1) is 22.9. The van der Waals surface area contributed by atoms with Crippen molar-refractivity contribution in [2.45, 2.75) is 33.6 Å². The van der Waals surface area contributed by atoms with Crippen molar-refractivity contribution in [3.05, 3.63) is 54.1 Å². The highest BCUT2D eigenvalue weighted by Gasteiger charge is 2.08. The first-order valence-corrected chi connectivity index (χ1v) is 10.2. The van der Waals surface area contributed by atoms with Crippen LogP contribution < -0.4 is 21.3 Å². The molecule has 7 nitrogen and oxygen atoms in total. The van der Waals surface area contributed by atoms with Gasteiger partial charge in [-0.05, 0) is 48.9 Å². The van der Waals surface area contributed by atoms with E-state index in [2.05, 4.69) is 28.2 Å². The van der Waals surface area contributed by atoms with E-state index in [1.165, 1.54) is 0 Å². The quantitative estimate of drug-likeness (QED) is 0.447. The van der Waals surface area contributed by atoms with Gasteiger partial charge in [0.1, 0.15) is 0 Å². The van der Waals surface area contributed by atoms with Crippen molar-refractivity contribution in [3.63, 3.8) is 0 Å². The summed E-state index contributed by atoms with van der Waals surface area (Å²) in [7, 11) is 0. The maximum absolute atomic E-state index is 12.2. The highest BCUT2D eigenvalue weighted by molar-refractivity contribution is 5.96. The second-order valence-corrected chi connectivity index (χ2v) is 7.31. The van der Waals surface area contributed by atoms with Crippen LogP contribution in [0, 0.1) is 5.92 Å². The first-order chi connectivity index (χ1) is 14.4. The van der Waals surface area contributed by atoms with Crippen LogP contribution in [-0.2, 0) is 9.59 Å². The fourth-order valence-corrected chi connectivity index (χ4v) is 2.56. The minimum absolute atomic E-state index is 0.0581. The lowest BCUT2D eigenvalue weighted by atomic mass is 10.2. The van der Waals surface area contributed by atoms with Crippen LogP contribution in [0.3, 0.4) is 0 Å². The van der Waals surface area contributed by atoms with E-state index in [0.29, 0.717) is 29.2 Å². The summed E-state index contributed by atoms with van der Waals surface area (Å²) in [5, 5.41) is 11.5. The summed E-state index contributed by atoms with van der Waals surface area (Å²) in [5.74, 6) is -0.499. The molecule has 30 heavy (non-hydrogen) atoms. The Morgan fingerprint density at radius 2 is 1.57 bits per heavy atom. The van der Waals surface area contributed by atoms with Crippen LogP contribution in [0.5, 0.6) is 0 Å². The zero-order chi connectivity index (χ0) is 21.9. The van der Waals surface area contributed by atoms with Gasteiger partial charge >= 0.3 is 0 Å². The van der Waals surface area contributed by atoms with Crippen molar-refractivity contribution >= 4 is 34.8 Å². The number of rotatable bonds is 10. The molecule has 0 aliphatic heterocycles. The third kappa shape index (κ3) is 7.58. The van der Waals surface area contributed by atoms with Crippen molar-refractivity contribution in [1.82, 2.24) is 5.32 Å². The zero-order valence-electron chi connectivity index (χ0n) is 17.7. The maximum atomic E-state index is 12.2. The summed E-state index contributed by atoms with van der Waals surface area (Å²) < 4.78 is 0. The van der Waals surface area contributed by atoms with Gasteiger partial charge in [-0.15, -0.1) is 0 Å². The number of carbonyl (C=O) groups is 3. The number of hydrogen-bond donors (Lipinski definition) is 4. The Labute approximate surface area is 177 Å². The highest BCUT2D eigenvalue weighted by Crippen LogP contribution is 2.15. The molecular weight excluding hydrogens is 380 g/mol. The molecule has 0 heterocycles. The number of anilines is 3. The Balaban J connectivity index is 1.84. The van der Waals surface area contributed by atoms with E-state index in [9.17, 15) is 14.4 Å². The highest BCUT2D eigenvalue weighted by atomic mass is 16.2. The van der Waals surface area contributed by atoms with Crippen LogP contribution in [0.1, 0.15) is 44.0 Å². The van der Waals surface area contributed by atoms with Gasteiger partial charge in [0.15, 0.2) is 0 Å². The van der Waals surface area contributed by atoms with Gasteiger partial charge in [0, 0.05) is 35.1 Å². The molecule has 0 fully saturated rings. The monoisotopic (exact) mass is 410 g/mol. The molecule has 0 spiro atoms. The molecule has 2 aromatic carbocycles. The normalized spacial score (nSPS) is 10.4. The molecule has 0 atom stereocenters. The largest absolute Gasteiger partial charge is 0.376 e. The van der Waals surface area contributed by atoms with Gasteiger partial charge in [0.25, 0.3) is 5.91 Å². The van der Waals surface area contributed by atoms with Gasteiger partial charge in [0.2, 0.25) is 11.8 Å². The Hall–Kier alpha value is -3.35. The fourth-order valence-electron chi connectivity index (χ4n) is 2.56. The summed E-state index contributed by atoms with van der Waals surface area (Å²) in [6.45, 7) is 6.43. The third-order valence-electron chi connectivity index (χ3n) is 4.35. The summed E-state index contributed by atoms with van der Waals surface area (Å²) in [5.41, 5.74) is 2.56. The van der Waals surface area contributed by atoms with Crippen molar-refractivity contribution in [3.8, 4) is 0 Å². The lowest BCUT2D eigenvalue weighted by molar-refractivity contribution is -0.119. The van der Waals surface area contributed by atoms with E-state index in [1.807, 2.05) is 19.9 Å². The van der Waals surface area contributed by atoms with E-state index >= 15 is 0 Å². The topological polar surface area (TPSA) is 99.3 Å². The molecule has 0 aliphatic rings. The number of benzene rings is 2. The lowest BCUT2D eigenvalue weighted by Gasteiger charge is -2.11. The predicted octanol–water partition coefficient (Wildman–Crippen LogP) is 3.86. The Kier molecular flexibility index (Phi) is 8.87. The molecule has 0 radical (unpaired) electrons. The van der Waals surface area contributed by atoms with E-state index in [-0.39, 0.29) is 30.2 Å². The molecule has 0 unspecified atom stereocenters. The van der Waals surface area contributed by atoms with Gasteiger partial charge in [0.05, 0.1) is 6.54 Å². The summed E-state index contributed by atoms with van der Waals surface area (Å²) in [6.07, 6.45) is 1.96. The molecule has 4 N–H and O–H groups in total. The minimum Gasteiger partial charge on any atom is -0.376 e. The minimum atomic E-state index is -0.216. The van der Waals surface area contributed by atoms with Crippen LogP contribution in [0.2, 0.25) is 0 Å². The smallest absolute Gasteiger partial charge is 0.251 e. The molecule has 0 bridgehead atoms. The average Bonchev–Trinajstić information content (AvgIpc) is 2.74. The third-order valence-corrected chi connectivity index (χ3v) is 4.35. The second kappa shape index (κ2) is 11.6. The van der Waals surface area contributed by atoms with Gasteiger partial charge in [-0.1, -0.05) is 33.3 Å². The number of carbonyl (C=O) groups excluding carboxylic acids is 3. The van der Waals surface area contributed by atoms with Crippen LogP contribution in [0.25, 0.3) is 0 Å². The number of hydrogen-bond acceptors (Lipinski definition) is 4. The Morgan fingerprint density at radius 3 is 2.20 bits per heavy atom. The average molecular weight is 411 g/mol. The molecular formula is C23H30N4O3. The van der Waals surface area contributed by atoms with Gasteiger partial charge in [-0.25, -0.2) is 0 Å². The van der Waals surface area contributed by atoms with Gasteiger partial charge in [-0.3, -0.25) is 14.4 Å². The van der Waals surface area contributed by atoms with Crippen LogP contribution in [0.15, 0.2) is 48.5 Å². The fraction of sp³-hybridized carbons (Fsp3) is 0.348. The molecule has 3 amide bonds. The summed E-state index contributed by atoms with van der Waals surface area (Å²) >= 11 is 0. The number of unbranched alkanes of at least 4 members (excludes halogenated alkanes) is 1. The molecule has 0 saturated heterocycles. The van der Waals surface area contributed by atoms with E-state index in [1.54, 1.807) is 42.5 Å². The second-order valence-electron chi connectivity index (χ2n) is 7.31. The SMILES string of the molecule is CCCCNC(=O)c1cccc(NCC(=O)Nc2ccc(NC(=O)C(C)C)cc2)c1. The van der Waals surface area contributed by atoms with E-state index in [4.69, 9.17) is 0 Å². The van der Waals surface area contributed by atoms with Crippen LogP contribution in [-0.4, -0.2) is 30.8 Å². The molecule has 0 aliphatic carbocycles. The summed E-state index contributed by atoms with van der Waals surface area (Å²) in [4.78, 5) is 36.1. The molecule has 160 valence electrons. The van der Waals surface area contributed by atoms with Gasteiger partial charge < -0.3 is 21.3 Å². The van der Waals surface area contributed by atoms with Crippen molar-refractivity contribution in [1.29, 1.82) is 0 Å². The number of nitrogens with one attached hydrogen (secondary N) is 4. The lowest BCUT2D eigenvalue weighted by Crippen LogP contribution is -2.25. The zero-order valence-corrected chi connectivity index (χ0v) is 17.7. The summed E-state index contributed by atoms with van der Waals surface area (Å²) in [6, 6.07) is 14.0. The standard InChI is InChI=1S/C23H30N4O3/c1-4-5-13-24-23(30)17-7-6-8-20(14-17)25-15-21(28)26-18-9-11-19(12-10-18)27-22(29)16(2)3/h6-12,14,16,25H,4-5,13,15H2,1-3H3,(H,24,30)(H,26,28)(H,27,29). The van der Waals surface area contributed by atoms with Gasteiger partial charge in [-0.2, -0.15) is 0 Å². The maximum Gasteiger partial charge on any atom is 0.251 e. The van der Waals surface area contributed by atoms with E-state index in [0.717, 1.165) is 12.8 Å². The first-order valence-electron chi connectivity index (χ1n) is 10.2. The van der Waals surface area contributed by atoms with Crippen LogP contribution >= 0.6 is 0 Å². The Morgan fingerprint density at radius 1 is 0.900 bits per heavy atom. The van der Waals surface area contributed by atoms with Crippen molar-refractivity contribution in [2.75, 3.05) is 29.0 Å². The predicted molar refractivity (Wildman–Crippen MR) is 121 cm³/mol. The van der Waals surface area contributed by atoms with Crippen molar-refractivity contribution in [2.24, 2.45) is 5.92 Å². The molecule has 7 heteroatoms. The van der Waals surface area contributed by atoms with Crippen molar-refractivity contribution < 1.29 is 14.4 Å². The molecule has 2 aromatic rings. The molecule has 2 rings (SSSR count).